The van der Waals surface area contributed by atoms with Gasteiger partial charge in [-0.3, -0.25) is 9.80 Å². The average molecular weight is 474 g/mol. The first kappa shape index (κ1) is 23.9. The highest BCUT2D eigenvalue weighted by Crippen LogP contribution is 2.32. The summed E-state index contributed by atoms with van der Waals surface area (Å²) in [5, 5.41) is 3.90. The van der Waals surface area contributed by atoms with E-state index in [-0.39, 0.29) is 23.4 Å². The molecule has 1 unspecified atom stereocenters. The van der Waals surface area contributed by atoms with Crippen LogP contribution in [-0.4, -0.2) is 59.2 Å². The molecule has 4 rings (SSSR count). The summed E-state index contributed by atoms with van der Waals surface area (Å²) in [6, 6.07) is 12.1. The van der Waals surface area contributed by atoms with Gasteiger partial charge in [-0.05, 0) is 36.8 Å². The molecule has 0 aliphatic carbocycles. The zero-order chi connectivity index (χ0) is 24.3. The number of methoxy groups -OCH3 is 1. The normalized spacial score (nSPS) is 16.4. The molecule has 1 aromatic heterocycles. The van der Waals surface area contributed by atoms with E-state index in [2.05, 4.69) is 19.9 Å². The Morgan fingerprint density at radius 2 is 1.85 bits per heavy atom. The second kappa shape index (κ2) is 9.94. The van der Waals surface area contributed by atoms with Crippen molar-refractivity contribution in [1.29, 1.82) is 0 Å². The van der Waals surface area contributed by atoms with Crippen molar-refractivity contribution < 1.29 is 27.2 Å². The maximum absolute atomic E-state index is 13.0. The van der Waals surface area contributed by atoms with E-state index < -0.39 is 11.7 Å². The van der Waals surface area contributed by atoms with Gasteiger partial charge < -0.3 is 9.26 Å². The van der Waals surface area contributed by atoms with Gasteiger partial charge in [0, 0.05) is 38.3 Å². The van der Waals surface area contributed by atoms with Gasteiger partial charge in [0.25, 0.3) is 0 Å². The topological polar surface area (TPSA) is 71.7 Å². The summed E-state index contributed by atoms with van der Waals surface area (Å²) in [7, 11) is 1.36. The third-order valence-corrected chi connectivity index (χ3v) is 5.96. The maximum atomic E-state index is 13.0. The summed E-state index contributed by atoms with van der Waals surface area (Å²) < 4.78 is 49.2. The Hall–Kier alpha value is -3.24. The van der Waals surface area contributed by atoms with Crippen LogP contribution in [0.15, 0.2) is 53.1 Å². The van der Waals surface area contributed by atoms with Crippen LogP contribution in [0.3, 0.4) is 0 Å². The molecule has 1 aliphatic heterocycles. The average Bonchev–Trinajstić information content (AvgIpc) is 3.34. The number of halogens is 3. The predicted molar refractivity (Wildman–Crippen MR) is 118 cm³/mol. The molecule has 1 saturated heterocycles. The van der Waals surface area contributed by atoms with Crippen molar-refractivity contribution in [2.75, 3.05) is 33.3 Å². The lowest BCUT2D eigenvalue weighted by Gasteiger charge is -2.36. The van der Waals surface area contributed by atoms with Crippen molar-refractivity contribution in [2.24, 2.45) is 0 Å². The Labute approximate surface area is 195 Å². The molecule has 7 nitrogen and oxygen atoms in total. The van der Waals surface area contributed by atoms with Gasteiger partial charge in [-0.25, -0.2) is 4.79 Å². The highest BCUT2D eigenvalue weighted by Gasteiger charge is 2.31. The molecule has 0 spiro atoms. The summed E-state index contributed by atoms with van der Waals surface area (Å²) in [5.74, 6) is 0.147. The predicted octanol–water partition coefficient (Wildman–Crippen LogP) is 4.42. The highest BCUT2D eigenvalue weighted by molar-refractivity contribution is 5.89. The molecule has 180 valence electrons. The van der Waals surface area contributed by atoms with Crippen molar-refractivity contribution >= 4 is 5.97 Å². The van der Waals surface area contributed by atoms with E-state index in [0.717, 1.165) is 43.9 Å². The first-order chi connectivity index (χ1) is 16.2. The molecule has 0 bridgehead atoms. The van der Waals surface area contributed by atoms with Crippen molar-refractivity contribution in [2.45, 2.75) is 25.7 Å². The van der Waals surface area contributed by atoms with Crippen LogP contribution in [0.5, 0.6) is 0 Å². The van der Waals surface area contributed by atoms with E-state index in [9.17, 15) is 18.0 Å². The van der Waals surface area contributed by atoms with Gasteiger partial charge >= 0.3 is 12.1 Å². The van der Waals surface area contributed by atoms with Gasteiger partial charge in [0.15, 0.2) is 0 Å². The summed E-state index contributed by atoms with van der Waals surface area (Å²) >= 11 is 0. The molecule has 10 heteroatoms. The summed E-state index contributed by atoms with van der Waals surface area (Å²) in [5.41, 5.74) is 1.07. The van der Waals surface area contributed by atoms with E-state index in [1.807, 2.05) is 25.1 Å². The van der Waals surface area contributed by atoms with Gasteiger partial charge in [-0.1, -0.05) is 29.4 Å². The smallest absolute Gasteiger partial charge is 0.416 e. The Morgan fingerprint density at radius 3 is 2.56 bits per heavy atom. The number of carbonyl (C=O) groups excluding carboxylic acids is 1. The number of rotatable bonds is 6. The molecule has 3 aromatic rings. The molecule has 0 N–H and O–H groups in total. The minimum Gasteiger partial charge on any atom is -0.465 e. The molecule has 2 aromatic carbocycles. The molecule has 0 radical (unpaired) electrons. The van der Waals surface area contributed by atoms with Crippen LogP contribution in [0.2, 0.25) is 0 Å². The fraction of sp³-hybridized carbons (Fsp3) is 0.375. The number of ether oxygens (including phenoxy) is 1. The number of nitrogens with zero attached hydrogens (tertiary/aromatic N) is 4. The van der Waals surface area contributed by atoms with E-state index in [1.54, 1.807) is 6.07 Å². The van der Waals surface area contributed by atoms with Crippen molar-refractivity contribution in [1.82, 2.24) is 19.9 Å². The number of esters is 1. The molecular formula is C24H25F3N4O3. The van der Waals surface area contributed by atoms with Gasteiger partial charge in [-0.2, -0.15) is 18.2 Å². The van der Waals surface area contributed by atoms with Crippen LogP contribution in [0.25, 0.3) is 11.4 Å². The Kier molecular flexibility index (Phi) is 6.99. The first-order valence-electron chi connectivity index (χ1n) is 10.9. The molecule has 1 atom stereocenters. The molecular weight excluding hydrogens is 449 g/mol. The SMILES string of the molecule is COC(=O)c1cccc(CN2CCN(C(C)c3nc(-c4cccc(C(F)(F)F)c4)no3)CC2)c1. The number of benzene rings is 2. The van der Waals surface area contributed by atoms with Crippen molar-refractivity contribution in [3.8, 4) is 11.4 Å². The minimum absolute atomic E-state index is 0.136. The second-order valence-corrected chi connectivity index (χ2v) is 8.21. The number of alkyl halides is 3. The van der Waals surface area contributed by atoms with Crippen LogP contribution in [0, 0.1) is 0 Å². The van der Waals surface area contributed by atoms with Crippen LogP contribution in [0.1, 0.15) is 40.3 Å². The molecule has 34 heavy (non-hydrogen) atoms. The maximum Gasteiger partial charge on any atom is 0.416 e. The van der Waals surface area contributed by atoms with E-state index in [1.165, 1.54) is 19.2 Å². The number of aromatic nitrogens is 2. The number of piperazine rings is 1. The van der Waals surface area contributed by atoms with Gasteiger partial charge in [0.05, 0.1) is 24.3 Å². The van der Waals surface area contributed by atoms with Crippen LogP contribution >= 0.6 is 0 Å². The Morgan fingerprint density at radius 1 is 1.12 bits per heavy atom. The fourth-order valence-electron chi connectivity index (χ4n) is 3.99. The third kappa shape index (κ3) is 5.45. The number of hydrogen-bond donors (Lipinski definition) is 0. The number of carbonyl (C=O) groups is 1. The summed E-state index contributed by atoms with van der Waals surface area (Å²) in [6.07, 6.45) is -4.43. The lowest BCUT2D eigenvalue weighted by atomic mass is 10.1. The van der Waals surface area contributed by atoms with Gasteiger partial charge in [0.1, 0.15) is 0 Å². The lowest BCUT2D eigenvalue weighted by molar-refractivity contribution is -0.137. The number of hydrogen-bond acceptors (Lipinski definition) is 7. The monoisotopic (exact) mass is 474 g/mol. The quantitative estimate of drug-likeness (QED) is 0.490. The van der Waals surface area contributed by atoms with E-state index in [4.69, 9.17) is 9.26 Å². The second-order valence-electron chi connectivity index (χ2n) is 8.21. The summed E-state index contributed by atoms with van der Waals surface area (Å²) in [6.45, 7) is 5.80. The first-order valence-corrected chi connectivity index (χ1v) is 10.9. The van der Waals surface area contributed by atoms with Crippen LogP contribution in [-0.2, 0) is 17.5 Å². The summed E-state index contributed by atoms with van der Waals surface area (Å²) in [4.78, 5) is 20.6. The molecule has 1 aliphatic rings. The molecule has 0 amide bonds. The Balaban J connectivity index is 1.36. The molecule has 2 heterocycles. The lowest BCUT2D eigenvalue weighted by Crippen LogP contribution is -2.46. The van der Waals surface area contributed by atoms with Gasteiger partial charge in [-0.15, -0.1) is 0 Å². The van der Waals surface area contributed by atoms with Crippen LogP contribution in [0.4, 0.5) is 13.2 Å². The zero-order valence-electron chi connectivity index (χ0n) is 18.9. The minimum atomic E-state index is -4.43. The molecule has 0 saturated carbocycles. The van der Waals surface area contributed by atoms with Crippen molar-refractivity contribution in [3.05, 3.63) is 71.1 Å². The Bertz CT molecular complexity index is 1140. The van der Waals surface area contributed by atoms with Gasteiger partial charge in [0.2, 0.25) is 11.7 Å². The van der Waals surface area contributed by atoms with E-state index >= 15 is 0 Å². The highest BCUT2D eigenvalue weighted by atomic mass is 19.4. The van der Waals surface area contributed by atoms with Crippen LogP contribution < -0.4 is 0 Å². The third-order valence-electron chi connectivity index (χ3n) is 5.96. The van der Waals surface area contributed by atoms with Crippen molar-refractivity contribution in [3.63, 3.8) is 0 Å². The largest absolute Gasteiger partial charge is 0.465 e. The van der Waals surface area contributed by atoms with E-state index in [0.29, 0.717) is 18.0 Å². The zero-order valence-corrected chi connectivity index (χ0v) is 18.9. The fourth-order valence-corrected chi connectivity index (χ4v) is 3.99. The standard InChI is InChI=1S/C24H25F3N4O3/c1-16(22-28-21(29-34-22)18-6-4-8-20(14-18)24(25,26)27)31-11-9-30(10-12-31)15-17-5-3-7-19(13-17)23(32)33-2/h3-8,13-14,16H,9-12,15H2,1-2H3. The molecule has 1 fully saturated rings.